The molecule has 0 saturated carbocycles. The Balaban J connectivity index is 1.73. The number of hydrogen-bond donors (Lipinski definition) is 2. The number of nitrogens with one attached hydrogen (secondary N) is 1. The number of hydrogen-bond acceptors (Lipinski definition) is 5. The van der Waals surface area contributed by atoms with Crippen molar-refractivity contribution in [1.82, 2.24) is 5.32 Å². The number of aromatic hydroxyl groups is 1. The molecule has 5 nitrogen and oxygen atoms in total. The lowest BCUT2D eigenvalue weighted by Crippen LogP contribution is -2.45. The lowest BCUT2D eigenvalue weighted by atomic mass is 10.1. The number of ether oxygens (including phenoxy) is 3. The first-order valence-corrected chi connectivity index (χ1v) is 5.25. The fraction of sp³-hybridized carbons (Fsp3) is 0.455. The van der Waals surface area contributed by atoms with Gasteiger partial charge in [0.1, 0.15) is 5.75 Å². The van der Waals surface area contributed by atoms with E-state index in [4.69, 9.17) is 14.2 Å². The summed E-state index contributed by atoms with van der Waals surface area (Å²) in [7, 11) is 0. The molecule has 16 heavy (non-hydrogen) atoms. The van der Waals surface area contributed by atoms with Crippen LogP contribution in [0.2, 0.25) is 0 Å². The first-order chi connectivity index (χ1) is 7.83. The van der Waals surface area contributed by atoms with Crippen LogP contribution in [-0.2, 0) is 11.3 Å². The molecule has 1 fully saturated rings. The Kier molecular flexibility index (Phi) is 2.34. The molecule has 0 radical (unpaired) electrons. The van der Waals surface area contributed by atoms with Gasteiger partial charge in [-0.1, -0.05) is 0 Å². The van der Waals surface area contributed by atoms with E-state index in [1.165, 1.54) is 0 Å². The molecule has 3 rings (SSSR count). The van der Waals surface area contributed by atoms with Crippen LogP contribution in [0.15, 0.2) is 12.1 Å². The van der Waals surface area contributed by atoms with Crippen molar-refractivity contribution in [2.75, 3.05) is 20.0 Å². The standard InChI is InChI=1S/C11H13NO4/c13-9-2-11-10(15-6-16-11)1-7(9)3-12-8-4-14-5-8/h1-2,8,12-13H,3-6H2. The van der Waals surface area contributed by atoms with Gasteiger partial charge >= 0.3 is 0 Å². The van der Waals surface area contributed by atoms with Crippen LogP contribution < -0.4 is 14.8 Å². The molecule has 1 aromatic carbocycles. The molecule has 0 bridgehead atoms. The molecule has 2 aliphatic rings. The van der Waals surface area contributed by atoms with E-state index in [2.05, 4.69) is 5.32 Å². The second-order valence-electron chi connectivity index (χ2n) is 3.95. The second-order valence-corrected chi connectivity index (χ2v) is 3.95. The van der Waals surface area contributed by atoms with Crippen molar-refractivity contribution in [3.63, 3.8) is 0 Å². The average molecular weight is 223 g/mol. The summed E-state index contributed by atoms with van der Waals surface area (Å²) in [6.07, 6.45) is 0. The predicted octanol–water partition coefficient (Wildman–Crippen LogP) is 0.609. The van der Waals surface area contributed by atoms with Crippen LogP contribution >= 0.6 is 0 Å². The van der Waals surface area contributed by atoms with Gasteiger partial charge in [0.05, 0.1) is 19.3 Å². The van der Waals surface area contributed by atoms with Crippen LogP contribution in [0.4, 0.5) is 0 Å². The SMILES string of the molecule is Oc1cc2c(cc1CNC1COC1)OCO2. The maximum absolute atomic E-state index is 9.77. The van der Waals surface area contributed by atoms with E-state index >= 15 is 0 Å². The average Bonchev–Trinajstić information content (AvgIpc) is 2.62. The second kappa shape index (κ2) is 3.84. The summed E-state index contributed by atoms with van der Waals surface area (Å²) in [5.41, 5.74) is 0.816. The van der Waals surface area contributed by atoms with Crippen LogP contribution in [0.3, 0.4) is 0 Å². The van der Waals surface area contributed by atoms with Gasteiger partial charge in [0, 0.05) is 18.2 Å². The molecular formula is C11H13NO4. The van der Waals surface area contributed by atoms with Gasteiger partial charge in [0.25, 0.3) is 0 Å². The maximum Gasteiger partial charge on any atom is 0.231 e. The molecule has 5 heteroatoms. The minimum Gasteiger partial charge on any atom is -0.507 e. The van der Waals surface area contributed by atoms with Crippen molar-refractivity contribution in [2.24, 2.45) is 0 Å². The topological polar surface area (TPSA) is 60.0 Å². The molecule has 0 amide bonds. The van der Waals surface area contributed by atoms with Gasteiger partial charge < -0.3 is 24.6 Å². The van der Waals surface area contributed by atoms with E-state index in [0.717, 1.165) is 18.8 Å². The summed E-state index contributed by atoms with van der Waals surface area (Å²) in [5.74, 6) is 1.53. The van der Waals surface area contributed by atoms with Crippen LogP contribution in [0, 0.1) is 0 Å². The summed E-state index contributed by atoms with van der Waals surface area (Å²) in [4.78, 5) is 0. The molecule has 0 spiro atoms. The van der Waals surface area contributed by atoms with Gasteiger partial charge in [-0.3, -0.25) is 0 Å². The van der Waals surface area contributed by atoms with Gasteiger partial charge in [0.2, 0.25) is 6.79 Å². The monoisotopic (exact) mass is 223 g/mol. The van der Waals surface area contributed by atoms with Crippen molar-refractivity contribution in [1.29, 1.82) is 0 Å². The Bertz CT molecular complexity index is 403. The first-order valence-electron chi connectivity index (χ1n) is 5.25. The van der Waals surface area contributed by atoms with E-state index < -0.39 is 0 Å². The molecule has 2 N–H and O–H groups in total. The highest BCUT2D eigenvalue weighted by Gasteiger charge is 2.20. The fourth-order valence-electron chi connectivity index (χ4n) is 1.72. The van der Waals surface area contributed by atoms with Crippen molar-refractivity contribution in [3.05, 3.63) is 17.7 Å². The third kappa shape index (κ3) is 1.68. The van der Waals surface area contributed by atoms with E-state index in [1.807, 2.05) is 6.07 Å². The van der Waals surface area contributed by atoms with Crippen LogP contribution in [0.25, 0.3) is 0 Å². The lowest BCUT2D eigenvalue weighted by Gasteiger charge is -2.27. The summed E-state index contributed by atoms with van der Waals surface area (Å²) in [6, 6.07) is 3.80. The minimum atomic E-state index is 0.224. The zero-order chi connectivity index (χ0) is 11.0. The highest BCUT2D eigenvalue weighted by atomic mass is 16.7. The highest BCUT2D eigenvalue weighted by molar-refractivity contribution is 5.51. The number of phenolic OH excluding ortho intramolecular Hbond substituents is 1. The van der Waals surface area contributed by atoms with Crippen molar-refractivity contribution in [3.8, 4) is 17.2 Å². The maximum atomic E-state index is 9.77. The minimum absolute atomic E-state index is 0.224. The quantitative estimate of drug-likeness (QED) is 0.786. The van der Waals surface area contributed by atoms with Gasteiger partial charge in [-0.05, 0) is 6.07 Å². The van der Waals surface area contributed by atoms with Crippen LogP contribution in [0.5, 0.6) is 17.2 Å². The van der Waals surface area contributed by atoms with E-state index in [1.54, 1.807) is 6.07 Å². The van der Waals surface area contributed by atoms with Crippen LogP contribution in [-0.4, -0.2) is 31.2 Å². The van der Waals surface area contributed by atoms with Gasteiger partial charge in [-0.25, -0.2) is 0 Å². The third-order valence-electron chi connectivity index (χ3n) is 2.79. The predicted molar refractivity (Wildman–Crippen MR) is 55.7 cm³/mol. The third-order valence-corrected chi connectivity index (χ3v) is 2.79. The molecule has 1 saturated heterocycles. The lowest BCUT2D eigenvalue weighted by molar-refractivity contribution is -0.00585. The Labute approximate surface area is 92.9 Å². The molecule has 0 aromatic heterocycles. The highest BCUT2D eigenvalue weighted by Crippen LogP contribution is 2.37. The van der Waals surface area contributed by atoms with E-state index in [-0.39, 0.29) is 12.5 Å². The Morgan fingerprint density at radius 3 is 2.69 bits per heavy atom. The van der Waals surface area contributed by atoms with Crippen molar-refractivity contribution >= 4 is 0 Å². The molecule has 0 unspecified atom stereocenters. The number of fused-ring (bicyclic) bond motifs is 1. The molecule has 0 aliphatic carbocycles. The Morgan fingerprint density at radius 1 is 1.25 bits per heavy atom. The van der Waals surface area contributed by atoms with Gasteiger partial charge in [0.15, 0.2) is 11.5 Å². The smallest absolute Gasteiger partial charge is 0.231 e. The Morgan fingerprint density at radius 2 is 2.00 bits per heavy atom. The normalized spacial score (nSPS) is 18.5. The fourth-order valence-corrected chi connectivity index (χ4v) is 1.72. The number of rotatable bonds is 3. The largest absolute Gasteiger partial charge is 0.507 e. The summed E-state index contributed by atoms with van der Waals surface area (Å²) in [5, 5.41) is 13.1. The van der Waals surface area contributed by atoms with Gasteiger partial charge in [-0.2, -0.15) is 0 Å². The summed E-state index contributed by atoms with van der Waals surface area (Å²) >= 11 is 0. The first kappa shape index (κ1) is 9.74. The Hall–Kier alpha value is -1.46. The van der Waals surface area contributed by atoms with Crippen molar-refractivity contribution < 1.29 is 19.3 Å². The number of phenols is 1. The van der Waals surface area contributed by atoms with Crippen LogP contribution in [0.1, 0.15) is 5.56 Å². The van der Waals surface area contributed by atoms with Gasteiger partial charge in [-0.15, -0.1) is 0 Å². The molecule has 2 heterocycles. The molecule has 1 aromatic rings. The van der Waals surface area contributed by atoms with E-state index in [0.29, 0.717) is 24.1 Å². The molecule has 2 aliphatic heterocycles. The van der Waals surface area contributed by atoms with Crippen molar-refractivity contribution in [2.45, 2.75) is 12.6 Å². The van der Waals surface area contributed by atoms with E-state index in [9.17, 15) is 5.11 Å². The zero-order valence-corrected chi connectivity index (χ0v) is 8.73. The molecular weight excluding hydrogens is 210 g/mol. The zero-order valence-electron chi connectivity index (χ0n) is 8.73. The summed E-state index contributed by atoms with van der Waals surface area (Å²) in [6.45, 7) is 2.31. The molecule has 0 atom stereocenters. The number of benzene rings is 1. The molecule has 86 valence electrons. The summed E-state index contributed by atoms with van der Waals surface area (Å²) < 4.78 is 15.5.